The van der Waals surface area contributed by atoms with Crippen LogP contribution in [0.1, 0.15) is 193 Å². The third-order valence-corrected chi connectivity index (χ3v) is 8.88. The summed E-state index contributed by atoms with van der Waals surface area (Å²) in [5, 5.41) is 8.44. The fraction of sp³-hybridized carbons (Fsp3) is 0.969. The summed E-state index contributed by atoms with van der Waals surface area (Å²) in [7, 11) is -3.78. The molecule has 0 fully saturated rings. The van der Waals surface area contributed by atoms with Gasteiger partial charge in [0, 0.05) is 12.6 Å². The lowest BCUT2D eigenvalue weighted by molar-refractivity contribution is -0.129. The second-order valence-electron chi connectivity index (χ2n) is 11.9. The monoisotopic (exact) mass is 575 g/mol. The zero-order chi connectivity index (χ0) is 28.7. The Hall–Kier alpha value is -0.420. The molecule has 234 valence electrons. The van der Waals surface area contributed by atoms with Gasteiger partial charge in [-0.05, 0) is 12.8 Å². The first-order valence-electron chi connectivity index (χ1n) is 16.9. The van der Waals surface area contributed by atoms with Crippen LogP contribution in [0, 0.1) is 0 Å². The Balaban J connectivity index is 3.07. The van der Waals surface area contributed by atoms with Crippen molar-refractivity contribution in [3.63, 3.8) is 0 Å². The topological polar surface area (TPSA) is 107 Å². The Morgan fingerprint density at radius 3 is 0.821 bits per heavy atom. The molecule has 0 aromatic rings. The molecule has 0 aliphatic rings. The van der Waals surface area contributed by atoms with Gasteiger partial charge >= 0.3 is 7.60 Å². The van der Waals surface area contributed by atoms with Gasteiger partial charge in [-0.3, -0.25) is 14.6 Å². The second kappa shape index (κ2) is 30.5. The van der Waals surface area contributed by atoms with Crippen molar-refractivity contribution in [2.24, 2.45) is 0 Å². The zero-order valence-electron chi connectivity index (χ0n) is 25.5. The van der Waals surface area contributed by atoms with E-state index in [1.807, 2.05) is 0 Å². The summed E-state index contributed by atoms with van der Waals surface area (Å²) in [6.07, 6.45) is 38.0. The van der Waals surface area contributed by atoms with Crippen molar-refractivity contribution in [3.05, 3.63) is 0 Å². The summed E-state index contributed by atoms with van der Waals surface area (Å²) in [5.74, 6) is -0.265. The molecule has 0 spiro atoms. The average Bonchev–Trinajstić information content (AvgIpc) is 2.91. The van der Waals surface area contributed by atoms with E-state index in [0.29, 0.717) is 12.8 Å². The number of carbonyl (C=O) groups is 1. The highest BCUT2D eigenvalue weighted by atomic mass is 31.2. The van der Waals surface area contributed by atoms with E-state index in [1.54, 1.807) is 5.48 Å². The van der Waals surface area contributed by atoms with Gasteiger partial charge in [-0.15, -0.1) is 0 Å². The lowest BCUT2D eigenvalue weighted by Gasteiger charge is -2.05. The highest BCUT2D eigenvalue weighted by Crippen LogP contribution is 2.35. The first-order chi connectivity index (χ1) is 19.0. The standard InChI is InChI=1S/C32H66NO5P/c34-32(33-35)30-28-26-24-22-20-18-16-14-12-10-8-6-4-2-1-3-5-7-9-11-13-15-17-19-21-23-25-27-29-31-39(36,37)38/h35H,1-31H2,(H,33,34)(H2,36,37,38). The van der Waals surface area contributed by atoms with Crippen LogP contribution in [0.3, 0.4) is 0 Å². The van der Waals surface area contributed by atoms with E-state index in [0.717, 1.165) is 25.7 Å². The summed E-state index contributed by atoms with van der Waals surface area (Å²) in [6.45, 7) is 0. The molecule has 0 radical (unpaired) electrons. The van der Waals surface area contributed by atoms with Crippen LogP contribution in [0.4, 0.5) is 0 Å². The third-order valence-electron chi connectivity index (χ3n) is 7.98. The fourth-order valence-corrected chi connectivity index (χ4v) is 6.07. The van der Waals surface area contributed by atoms with Crippen molar-refractivity contribution in [1.82, 2.24) is 5.48 Å². The number of carbonyl (C=O) groups excluding carboxylic acids is 1. The van der Waals surface area contributed by atoms with Crippen molar-refractivity contribution in [2.45, 2.75) is 193 Å². The fourth-order valence-electron chi connectivity index (χ4n) is 5.43. The van der Waals surface area contributed by atoms with Crippen LogP contribution in [-0.4, -0.2) is 27.1 Å². The number of nitrogens with one attached hydrogen (secondary N) is 1. The average molecular weight is 576 g/mol. The summed E-state index contributed by atoms with van der Waals surface area (Å²) < 4.78 is 10.8. The van der Waals surface area contributed by atoms with E-state index < -0.39 is 7.60 Å². The molecule has 0 rings (SSSR count). The first kappa shape index (κ1) is 38.6. The molecule has 0 aliphatic heterocycles. The predicted molar refractivity (Wildman–Crippen MR) is 165 cm³/mol. The van der Waals surface area contributed by atoms with Crippen LogP contribution in [0.5, 0.6) is 0 Å². The van der Waals surface area contributed by atoms with Crippen molar-refractivity contribution in [3.8, 4) is 0 Å². The minimum Gasteiger partial charge on any atom is -0.324 e. The molecule has 39 heavy (non-hydrogen) atoms. The van der Waals surface area contributed by atoms with Crippen molar-refractivity contribution in [1.29, 1.82) is 0 Å². The number of rotatable bonds is 32. The minimum absolute atomic E-state index is 0.0525. The van der Waals surface area contributed by atoms with E-state index in [1.165, 1.54) is 154 Å². The van der Waals surface area contributed by atoms with Crippen LogP contribution in [0.15, 0.2) is 0 Å². The SMILES string of the molecule is O=C(CCCCCCCCCCCCCCCCCCCCCCCCCCCCCCCP(=O)(O)O)NO. The van der Waals surface area contributed by atoms with Gasteiger partial charge in [0.2, 0.25) is 5.91 Å². The molecule has 0 unspecified atom stereocenters. The molecule has 0 heterocycles. The normalized spacial score (nSPS) is 11.8. The molecule has 0 atom stereocenters. The van der Waals surface area contributed by atoms with Gasteiger partial charge in [0.25, 0.3) is 0 Å². The van der Waals surface area contributed by atoms with Gasteiger partial charge < -0.3 is 9.79 Å². The second-order valence-corrected chi connectivity index (χ2v) is 13.7. The Bertz CT molecular complexity index is 555. The molecule has 0 bridgehead atoms. The number of amides is 1. The van der Waals surface area contributed by atoms with Gasteiger partial charge in [-0.1, -0.05) is 173 Å². The summed E-state index contributed by atoms with van der Waals surface area (Å²) in [4.78, 5) is 28.6. The van der Waals surface area contributed by atoms with Crippen molar-refractivity contribution >= 4 is 13.5 Å². The predicted octanol–water partition coefficient (Wildman–Crippen LogP) is 10.4. The Kier molecular flexibility index (Phi) is 30.2. The molecule has 0 aliphatic carbocycles. The van der Waals surface area contributed by atoms with E-state index in [2.05, 4.69) is 0 Å². The van der Waals surface area contributed by atoms with Gasteiger partial charge in [0.1, 0.15) is 0 Å². The van der Waals surface area contributed by atoms with Crippen LogP contribution < -0.4 is 5.48 Å². The Morgan fingerprint density at radius 2 is 0.615 bits per heavy atom. The van der Waals surface area contributed by atoms with Gasteiger partial charge in [-0.2, -0.15) is 0 Å². The van der Waals surface area contributed by atoms with E-state index in [9.17, 15) is 9.36 Å². The van der Waals surface area contributed by atoms with E-state index in [4.69, 9.17) is 15.0 Å². The molecule has 0 saturated heterocycles. The summed E-state index contributed by atoms with van der Waals surface area (Å²) in [5.41, 5.74) is 1.69. The number of unbranched alkanes of at least 4 members (excludes halogenated alkanes) is 28. The summed E-state index contributed by atoms with van der Waals surface area (Å²) in [6, 6.07) is 0. The highest BCUT2D eigenvalue weighted by Gasteiger charge is 2.10. The molecule has 0 saturated carbocycles. The quantitative estimate of drug-likeness (QED) is 0.0276. The van der Waals surface area contributed by atoms with Crippen LogP contribution in [-0.2, 0) is 9.36 Å². The zero-order valence-corrected chi connectivity index (χ0v) is 26.4. The van der Waals surface area contributed by atoms with Gasteiger partial charge in [-0.25, -0.2) is 5.48 Å². The van der Waals surface area contributed by atoms with E-state index >= 15 is 0 Å². The first-order valence-corrected chi connectivity index (χ1v) is 18.7. The molecule has 1 amide bonds. The maximum atomic E-state index is 10.9. The van der Waals surface area contributed by atoms with Crippen molar-refractivity contribution < 1.29 is 24.4 Å². The molecule has 4 N–H and O–H groups in total. The largest absolute Gasteiger partial charge is 0.325 e. The van der Waals surface area contributed by atoms with E-state index in [-0.39, 0.29) is 12.1 Å². The lowest BCUT2D eigenvalue weighted by atomic mass is 10.0. The Labute approximate surface area is 242 Å². The van der Waals surface area contributed by atoms with Crippen LogP contribution >= 0.6 is 7.60 Å². The molecular formula is C32H66NO5P. The minimum atomic E-state index is -3.78. The van der Waals surface area contributed by atoms with Gasteiger partial charge in [0.05, 0.1) is 0 Å². The number of hydrogen-bond acceptors (Lipinski definition) is 3. The molecule has 0 aromatic carbocycles. The molecule has 0 aromatic heterocycles. The summed E-state index contributed by atoms with van der Waals surface area (Å²) >= 11 is 0. The van der Waals surface area contributed by atoms with Crippen molar-refractivity contribution in [2.75, 3.05) is 6.16 Å². The number of hydroxylamine groups is 1. The smallest absolute Gasteiger partial charge is 0.324 e. The van der Waals surface area contributed by atoms with Crippen LogP contribution in [0.2, 0.25) is 0 Å². The third kappa shape index (κ3) is 35.6. The highest BCUT2D eigenvalue weighted by molar-refractivity contribution is 7.51. The lowest BCUT2D eigenvalue weighted by Crippen LogP contribution is -2.17. The maximum Gasteiger partial charge on any atom is 0.325 e. The molecule has 7 heteroatoms. The van der Waals surface area contributed by atoms with Gasteiger partial charge in [0.15, 0.2) is 0 Å². The molecule has 6 nitrogen and oxygen atoms in total. The van der Waals surface area contributed by atoms with Crippen LogP contribution in [0.25, 0.3) is 0 Å². The Morgan fingerprint density at radius 1 is 0.410 bits per heavy atom. The maximum absolute atomic E-state index is 10.9. The number of hydrogen-bond donors (Lipinski definition) is 4. The molecular weight excluding hydrogens is 509 g/mol.